The molecule has 0 fully saturated rings. The minimum absolute atomic E-state index is 0.0974. The highest BCUT2D eigenvalue weighted by Gasteiger charge is 2.35. The van der Waals surface area contributed by atoms with Crippen LogP contribution in [0.2, 0.25) is 0 Å². The average molecular weight is 456 g/mol. The number of hydrogen-bond acceptors (Lipinski definition) is 6. The second-order valence-corrected chi connectivity index (χ2v) is 9.79. The van der Waals surface area contributed by atoms with E-state index in [1.54, 1.807) is 23.6 Å². The molecule has 0 radical (unpaired) electrons. The topological polar surface area (TPSA) is 81.7 Å². The van der Waals surface area contributed by atoms with Crippen LogP contribution in [0, 0.1) is 0 Å². The molecule has 1 atom stereocenters. The first-order valence-corrected chi connectivity index (χ1v) is 11.9. The number of thiophene rings is 1. The number of nitrogens with one attached hydrogen (secondary N) is 1. The summed E-state index contributed by atoms with van der Waals surface area (Å²) in [6.45, 7) is 4.01. The number of amides is 1. The molecule has 0 saturated carbocycles. The molecule has 0 bridgehead atoms. The van der Waals surface area contributed by atoms with E-state index in [2.05, 4.69) is 11.9 Å². The number of fused-ring (bicyclic) bond motifs is 1. The van der Waals surface area contributed by atoms with Crippen molar-refractivity contribution in [2.75, 3.05) is 19.0 Å². The Kier molecular flexibility index (Phi) is 5.84. The molecule has 2 heterocycles. The monoisotopic (exact) mass is 455 g/mol. The minimum atomic E-state index is -3.82. The Bertz CT molecular complexity index is 1230. The highest BCUT2D eigenvalue weighted by atomic mass is 32.2. The number of anilines is 1. The average Bonchev–Trinajstić information content (AvgIpc) is 3.22. The number of methoxy groups -OCH3 is 1. The molecule has 0 spiro atoms. The first-order valence-electron chi connectivity index (χ1n) is 9.58. The molecule has 8 heteroatoms. The second kappa shape index (κ2) is 8.56. The summed E-state index contributed by atoms with van der Waals surface area (Å²) < 4.78 is 37.5. The third-order valence-electron chi connectivity index (χ3n) is 5.07. The van der Waals surface area contributed by atoms with Crippen LogP contribution in [0.3, 0.4) is 0 Å². The fraction of sp³-hybridized carbons (Fsp3) is 0.174. The lowest BCUT2D eigenvalue weighted by Gasteiger charge is -2.25. The van der Waals surface area contributed by atoms with Crippen LogP contribution in [0.4, 0.5) is 5.69 Å². The molecule has 1 aliphatic rings. The molecule has 0 unspecified atom stereocenters. The third kappa shape index (κ3) is 3.96. The first kappa shape index (κ1) is 21.1. The van der Waals surface area contributed by atoms with Crippen LogP contribution in [-0.2, 0) is 14.6 Å². The predicted octanol–water partition coefficient (Wildman–Crippen LogP) is 4.63. The molecule has 1 aliphatic heterocycles. The maximum atomic E-state index is 13.3. The Morgan fingerprint density at radius 3 is 2.65 bits per heavy atom. The smallest absolute Gasteiger partial charge is 0.225 e. The summed E-state index contributed by atoms with van der Waals surface area (Å²) in [6.07, 6.45) is 1.87. The van der Waals surface area contributed by atoms with Crippen molar-refractivity contribution in [1.82, 2.24) is 0 Å². The molecule has 160 valence electrons. The van der Waals surface area contributed by atoms with E-state index < -0.39 is 9.84 Å². The summed E-state index contributed by atoms with van der Waals surface area (Å²) in [7, 11) is -2.30. The van der Waals surface area contributed by atoms with E-state index in [9.17, 15) is 13.2 Å². The van der Waals surface area contributed by atoms with Crippen molar-refractivity contribution in [3.63, 3.8) is 0 Å². The molecule has 6 nitrogen and oxygen atoms in total. The number of benzene rings is 2. The quantitative estimate of drug-likeness (QED) is 0.526. The zero-order chi connectivity index (χ0) is 22.0. The van der Waals surface area contributed by atoms with E-state index in [1.165, 1.54) is 30.6 Å². The number of hydrogen-bond donors (Lipinski definition) is 1. The van der Waals surface area contributed by atoms with Crippen LogP contribution >= 0.6 is 11.3 Å². The summed E-state index contributed by atoms with van der Waals surface area (Å²) in [5.74, 6) is 0.687. The van der Waals surface area contributed by atoms with Gasteiger partial charge in [0.1, 0.15) is 23.0 Å². The molecule has 2 aromatic carbocycles. The van der Waals surface area contributed by atoms with Gasteiger partial charge in [0.2, 0.25) is 15.7 Å². The zero-order valence-corrected chi connectivity index (χ0v) is 18.5. The van der Waals surface area contributed by atoms with Crippen molar-refractivity contribution in [2.45, 2.75) is 22.1 Å². The highest BCUT2D eigenvalue weighted by molar-refractivity contribution is 7.91. The fourth-order valence-electron chi connectivity index (χ4n) is 3.58. The van der Waals surface area contributed by atoms with E-state index >= 15 is 0 Å². The lowest BCUT2D eigenvalue weighted by molar-refractivity contribution is -0.116. The van der Waals surface area contributed by atoms with Gasteiger partial charge in [-0.15, -0.1) is 11.3 Å². The van der Waals surface area contributed by atoms with Crippen LogP contribution in [0.1, 0.15) is 22.8 Å². The van der Waals surface area contributed by atoms with Gasteiger partial charge in [0.25, 0.3) is 0 Å². The molecule has 1 amide bonds. The van der Waals surface area contributed by atoms with Gasteiger partial charge in [-0.3, -0.25) is 4.79 Å². The number of sulfone groups is 1. The van der Waals surface area contributed by atoms with Crippen molar-refractivity contribution in [3.05, 3.63) is 77.0 Å². The Hall–Kier alpha value is -3.10. The second-order valence-electron chi connectivity index (χ2n) is 6.96. The normalized spacial score (nSPS) is 15.6. The van der Waals surface area contributed by atoms with E-state index in [1.807, 2.05) is 24.3 Å². The summed E-state index contributed by atoms with van der Waals surface area (Å²) in [5.41, 5.74) is 1.19. The number of carbonyl (C=O) groups excluding carboxylic acids is 1. The van der Waals surface area contributed by atoms with Crippen LogP contribution in [-0.4, -0.2) is 28.0 Å². The Morgan fingerprint density at radius 2 is 1.94 bits per heavy atom. The predicted molar refractivity (Wildman–Crippen MR) is 120 cm³/mol. The molecule has 4 rings (SSSR count). The van der Waals surface area contributed by atoms with Crippen molar-refractivity contribution < 1.29 is 22.7 Å². The zero-order valence-electron chi connectivity index (χ0n) is 16.8. The summed E-state index contributed by atoms with van der Waals surface area (Å²) in [4.78, 5) is 13.6. The van der Waals surface area contributed by atoms with Gasteiger partial charge in [-0.1, -0.05) is 30.9 Å². The molecule has 3 aromatic rings. The molecule has 1 N–H and O–H groups in total. The first-order chi connectivity index (χ1) is 15.0. The maximum Gasteiger partial charge on any atom is 0.225 e. The Morgan fingerprint density at radius 1 is 1.19 bits per heavy atom. The van der Waals surface area contributed by atoms with Crippen LogP contribution in [0.5, 0.6) is 11.5 Å². The van der Waals surface area contributed by atoms with Crippen LogP contribution in [0.15, 0.2) is 76.4 Å². The highest BCUT2D eigenvalue weighted by Crippen LogP contribution is 2.47. The van der Waals surface area contributed by atoms with Crippen LogP contribution < -0.4 is 14.8 Å². The molecule has 31 heavy (non-hydrogen) atoms. The van der Waals surface area contributed by atoms with E-state index in [-0.39, 0.29) is 28.0 Å². The molecular formula is C23H21NO5S2. The lowest BCUT2D eigenvalue weighted by atomic mass is 9.90. The Labute approximate surface area is 185 Å². The molecule has 0 aliphatic carbocycles. The number of carbonyl (C=O) groups is 1. The maximum absolute atomic E-state index is 13.3. The van der Waals surface area contributed by atoms with Crippen LogP contribution in [0.25, 0.3) is 0 Å². The molecule has 0 saturated heterocycles. The van der Waals surface area contributed by atoms with Crippen molar-refractivity contribution in [2.24, 2.45) is 0 Å². The number of para-hydroxylation sites is 1. The summed E-state index contributed by atoms with van der Waals surface area (Å²) >= 11 is 1.32. The standard InChI is InChI=1S/C23H21NO5S2/c1-3-12-29-19-7-5-4-6-17(19)18-13-21(25)24-22-20(14-30-23(18)22)31(26,27)16-10-8-15(28-2)9-11-16/h3-11,14,18H,1,12-13H2,2H3,(H,24,25)/t18-/m1/s1. The summed E-state index contributed by atoms with van der Waals surface area (Å²) in [6, 6.07) is 13.7. The third-order valence-corrected chi connectivity index (χ3v) is 8.11. The van der Waals surface area contributed by atoms with E-state index in [0.29, 0.717) is 23.8 Å². The van der Waals surface area contributed by atoms with Gasteiger partial charge in [0.05, 0.1) is 17.7 Å². The fourth-order valence-corrected chi connectivity index (χ4v) is 6.48. The largest absolute Gasteiger partial charge is 0.497 e. The minimum Gasteiger partial charge on any atom is -0.497 e. The van der Waals surface area contributed by atoms with Gasteiger partial charge in [0.15, 0.2) is 0 Å². The van der Waals surface area contributed by atoms with Gasteiger partial charge >= 0.3 is 0 Å². The van der Waals surface area contributed by atoms with Gasteiger partial charge in [-0.2, -0.15) is 0 Å². The molecule has 1 aromatic heterocycles. The lowest BCUT2D eigenvalue weighted by Crippen LogP contribution is -2.23. The van der Waals surface area contributed by atoms with Crippen molar-refractivity contribution >= 4 is 32.8 Å². The summed E-state index contributed by atoms with van der Waals surface area (Å²) in [5, 5.41) is 4.37. The van der Waals surface area contributed by atoms with Crippen molar-refractivity contribution in [3.8, 4) is 11.5 Å². The van der Waals surface area contributed by atoms with Gasteiger partial charge in [-0.05, 0) is 30.3 Å². The van der Waals surface area contributed by atoms with E-state index in [4.69, 9.17) is 9.47 Å². The number of rotatable bonds is 7. The van der Waals surface area contributed by atoms with Gasteiger partial charge in [0, 0.05) is 28.2 Å². The molecular weight excluding hydrogens is 434 g/mol. The van der Waals surface area contributed by atoms with Gasteiger partial charge < -0.3 is 14.8 Å². The SMILES string of the molecule is C=CCOc1ccccc1[C@H]1CC(=O)Nc2c(S(=O)(=O)c3ccc(OC)cc3)csc21. The van der Waals surface area contributed by atoms with Crippen molar-refractivity contribution in [1.29, 1.82) is 0 Å². The Balaban J connectivity index is 1.78. The number of ether oxygens (including phenoxy) is 2. The van der Waals surface area contributed by atoms with Gasteiger partial charge in [-0.25, -0.2) is 8.42 Å². The van der Waals surface area contributed by atoms with E-state index in [0.717, 1.165) is 10.4 Å².